The number of nitrogens with one attached hydrogen (secondary N) is 1. The Hall–Kier alpha value is -3.15. The molecular weight excluding hydrogens is 418 g/mol. The third kappa shape index (κ3) is 4.85. The molecule has 0 spiro atoms. The van der Waals surface area contributed by atoms with Gasteiger partial charge < -0.3 is 15.2 Å². The van der Waals surface area contributed by atoms with Crippen molar-refractivity contribution in [3.8, 4) is 22.6 Å². The zero-order valence-electron chi connectivity index (χ0n) is 18.4. The van der Waals surface area contributed by atoms with E-state index in [1.807, 2.05) is 61.5 Å². The van der Waals surface area contributed by atoms with Crippen LogP contribution in [0.25, 0.3) is 21.2 Å². The van der Waals surface area contributed by atoms with Gasteiger partial charge in [-0.05, 0) is 62.3 Å². The van der Waals surface area contributed by atoms with Crippen molar-refractivity contribution in [3.05, 3.63) is 82.7 Å². The number of aryl methyl sites for hydroxylation is 1. The van der Waals surface area contributed by atoms with E-state index < -0.39 is 0 Å². The lowest BCUT2D eigenvalue weighted by molar-refractivity contribution is 0.104. The predicted molar refractivity (Wildman–Crippen MR) is 132 cm³/mol. The van der Waals surface area contributed by atoms with E-state index in [1.54, 1.807) is 12.1 Å². The van der Waals surface area contributed by atoms with Crippen molar-refractivity contribution >= 4 is 27.2 Å². The van der Waals surface area contributed by atoms with Gasteiger partial charge in [-0.1, -0.05) is 48.9 Å². The molecule has 4 rings (SSSR count). The minimum Gasteiger partial charge on any atom is -0.508 e. The van der Waals surface area contributed by atoms with Gasteiger partial charge in [-0.15, -0.1) is 11.3 Å². The van der Waals surface area contributed by atoms with Crippen LogP contribution in [0.3, 0.4) is 0 Å². The molecule has 0 aliphatic rings. The van der Waals surface area contributed by atoms with Crippen LogP contribution in [-0.2, 0) is 0 Å². The van der Waals surface area contributed by atoms with Gasteiger partial charge in [0.1, 0.15) is 11.5 Å². The molecule has 0 unspecified atom stereocenters. The monoisotopic (exact) mass is 445 g/mol. The number of rotatable bonds is 9. The lowest BCUT2D eigenvalue weighted by Gasteiger charge is -2.09. The molecule has 164 valence electrons. The van der Waals surface area contributed by atoms with E-state index in [9.17, 15) is 9.90 Å². The molecule has 0 fully saturated rings. The van der Waals surface area contributed by atoms with Crippen molar-refractivity contribution in [2.45, 2.75) is 20.3 Å². The summed E-state index contributed by atoms with van der Waals surface area (Å²) in [6.45, 7) is 6.65. The van der Waals surface area contributed by atoms with Gasteiger partial charge in [-0.25, -0.2) is 0 Å². The van der Waals surface area contributed by atoms with E-state index in [2.05, 4.69) is 12.2 Å². The predicted octanol–water partition coefficient (Wildman–Crippen LogP) is 6.19. The second-order valence-corrected chi connectivity index (χ2v) is 8.81. The van der Waals surface area contributed by atoms with Gasteiger partial charge in [-0.3, -0.25) is 4.79 Å². The number of carbonyl (C=O) groups is 1. The van der Waals surface area contributed by atoms with E-state index >= 15 is 0 Å². The van der Waals surface area contributed by atoms with Crippen LogP contribution in [0.4, 0.5) is 0 Å². The quantitative estimate of drug-likeness (QED) is 0.238. The number of phenolic OH excluding ortho intramolecular Hbond substituents is 1. The number of benzene rings is 3. The molecule has 32 heavy (non-hydrogen) atoms. The average Bonchev–Trinajstić information content (AvgIpc) is 3.18. The standard InChI is InChI=1S/C27H27NO3S/c1-3-28-15-4-16-31-22-12-9-19(10-13-22)25-23-14-11-21(29)17-24(23)32-27(25)26(30)20-7-5-18(2)6-8-20/h5-14,17,28-29H,3-4,15-16H2,1-2H3. The number of aromatic hydroxyl groups is 1. The fourth-order valence-corrected chi connectivity index (χ4v) is 4.87. The smallest absolute Gasteiger partial charge is 0.203 e. The topological polar surface area (TPSA) is 58.6 Å². The number of fused-ring (bicyclic) bond motifs is 1. The second kappa shape index (κ2) is 9.98. The van der Waals surface area contributed by atoms with E-state index in [1.165, 1.54) is 11.3 Å². The summed E-state index contributed by atoms with van der Waals surface area (Å²) in [5.41, 5.74) is 3.63. The number of thiophene rings is 1. The van der Waals surface area contributed by atoms with E-state index in [0.717, 1.165) is 52.0 Å². The molecule has 0 saturated heterocycles. The molecular formula is C27H27NO3S. The van der Waals surface area contributed by atoms with Crippen LogP contribution in [0.5, 0.6) is 11.5 Å². The van der Waals surface area contributed by atoms with Crippen molar-refractivity contribution in [1.82, 2.24) is 5.32 Å². The zero-order valence-corrected chi connectivity index (χ0v) is 19.2. The maximum Gasteiger partial charge on any atom is 0.203 e. The van der Waals surface area contributed by atoms with Gasteiger partial charge in [-0.2, -0.15) is 0 Å². The maximum atomic E-state index is 13.4. The Kier molecular flexibility index (Phi) is 6.88. The summed E-state index contributed by atoms with van der Waals surface area (Å²) < 4.78 is 6.74. The molecule has 0 amide bonds. The van der Waals surface area contributed by atoms with Crippen molar-refractivity contribution in [2.24, 2.45) is 0 Å². The summed E-state index contributed by atoms with van der Waals surface area (Å²) in [6.07, 6.45) is 0.948. The first-order valence-corrected chi connectivity index (χ1v) is 11.7. The molecule has 0 aliphatic carbocycles. The fraction of sp³-hybridized carbons (Fsp3) is 0.222. The fourth-order valence-electron chi connectivity index (χ4n) is 3.65. The minimum atomic E-state index is -0.00978. The highest BCUT2D eigenvalue weighted by atomic mass is 32.1. The number of carbonyl (C=O) groups excluding carboxylic acids is 1. The molecule has 0 saturated carbocycles. The van der Waals surface area contributed by atoms with Crippen LogP contribution < -0.4 is 10.1 Å². The number of ether oxygens (including phenoxy) is 1. The Bertz CT molecular complexity index is 1210. The van der Waals surface area contributed by atoms with Gasteiger partial charge in [0.2, 0.25) is 5.78 Å². The highest BCUT2D eigenvalue weighted by molar-refractivity contribution is 7.21. The molecule has 1 aromatic heterocycles. The third-order valence-corrected chi connectivity index (χ3v) is 6.50. The third-order valence-electron chi connectivity index (χ3n) is 5.35. The van der Waals surface area contributed by atoms with Gasteiger partial charge >= 0.3 is 0 Å². The lowest BCUT2D eigenvalue weighted by Crippen LogP contribution is -2.16. The molecule has 2 N–H and O–H groups in total. The number of hydrogen-bond donors (Lipinski definition) is 2. The summed E-state index contributed by atoms with van der Waals surface area (Å²) in [4.78, 5) is 14.1. The summed E-state index contributed by atoms with van der Waals surface area (Å²) in [6, 6.07) is 20.8. The highest BCUT2D eigenvalue weighted by Crippen LogP contribution is 2.41. The van der Waals surface area contributed by atoms with Crippen LogP contribution in [-0.4, -0.2) is 30.6 Å². The van der Waals surface area contributed by atoms with Crippen molar-refractivity contribution < 1.29 is 14.6 Å². The Balaban J connectivity index is 1.67. The Morgan fingerprint density at radius 2 is 1.78 bits per heavy atom. The van der Waals surface area contributed by atoms with Gasteiger partial charge in [0.25, 0.3) is 0 Å². The molecule has 4 aromatic rings. The molecule has 4 nitrogen and oxygen atoms in total. The van der Waals surface area contributed by atoms with E-state index in [4.69, 9.17) is 4.74 Å². The first-order valence-electron chi connectivity index (χ1n) is 10.9. The van der Waals surface area contributed by atoms with E-state index in [-0.39, 0.29) is 11.5 Å². The van der Waals surface area contributed by atoms with Crippen molar-refractivity contribution in [3.63, 3.8) is 0 Å². The van der Waals surface area contributed by atoms with Crippen molar-refractivity contribution in [1.29, 1.82) is 0 Å². The maximum absolute atomic E-state index is 13.4. The Morgan fingerprint density at radius 1 is 1.03 bits per heavy atom. The largest absolute Gasteiger partial charge is 0.508 e. The molecule has 0 radical (unpaired) electrons. The first-order chi connectivity index (χ1) is 15.6. The number of ketones is 1. The SMILES string of the molecule is CCNCCCOc1ccc(-c2c(C(=O)c3ccc(C)cc3)sc3cc(O)ccc23)cc1. The van der Waals surface area contributed by atoms with Crippen molar-refractivity contribution in [2.75, 3.05) is 19.7 Å². The molecule has 3 aromatic carbocycles. The van der Waals surface area contributed by atoms with Gasteiger partial charge in [0, 0.05) is 21.2 Å². The summed E-state index contributed by atoms with van der Waals surface area (Å²) in [5, 5.41) is 14.2. The van der Waals surface area contributed by atoms with Crippen LogP contribution in [0, 0.1) is 6.92 Å². The zero-order chi connectivity index (χ0) is 22.5. The normalized spacial score (nSPS) is 11.1. The highest BCUT2D eigenvalue weighted by Gasteiger charge is 2.21. The van der Waals surface area contributed by atoms with Gasteiger partial charge in [0.15, 0.2) is 0 Å². The molecule has 0 bridgehead atoms. The lowest BCUT2D eigenvalue weighted by atomic mass is 9.98. The van der Waals surface area contributed by atoms with Crippen LogP contribution in [0.15, 0.2) is 66.7 Å². The summed E-state index contributed by atoms with van der Waals surface area (Å²) in [7, 11) is 0. The summed E-state index contributed by atoms with van der Waals surface area (Å²) >= 11 is 1.42. The van der Waals surface area contributed by atoms with Crippen LogP contribution in [0.1, 0.15) is 34.1 Å². The molecule has 5 heteroatoms. The average molecular weight is 446 g/mol. The van der Waals surface area contributed by atoms with Gasteiger partial charge in [0.05, 0.1) is 11.5 Å². The summed E-state index contributed by atoms with van der Waals surface area (Å²) in [5.74, 6) is 0.999. The molecule has 0 aliphatic heterocycles. The van der Waals surface area contributed by atoms with Crippen LogP contribution in [0.2, 0.25) is 0 Å². The first kappa shape index (κ1) is 22.1. The second-order valence-electron chi connectivity index (χ2n) is 7.76. The number of hydrogen-bond acceptors (Lipinski definition) is 5. The minimum absolute atomic E-state index is 0.00978. The Morgan fingerprint density at radius 3 is 2.50 bits per heavy atom. The van der Waals surface area contributed by atoms with E-state index in [0.29, 0.717) is 17.0 Å². The number of phenols is 1. The Labute approximate surface area is 192 Å². The van der Waals surface area contributed by atoms with Crippen LogP contribution >= 0.6 is 11.3 Å². The molecule has 0 atom stereocenters. The molecule has 1 heterocycles.